The minimum Gasteiger partial charge on any atom is -0.457 e. The first-order valence-electron chi connectivity index (χ1n) is 32.5. The van der Waals surface area contributed by atoms with Crippen molar-refractivity contribution in [1.29, 1.82) is 0 Å². The molecular formula is C63H75N3O2. The van der Waals surface area contributed by atoms with Crippen molar-refractivity contribution in [2.45, 2.75) is 146 Å². The lowest BCUT2D eigenvalue weighted by molar-refractivity contribution is -0.0239. The number of benzene rings is 3. The Morgan fingerprint density at radius 3 is 2.25 bits per heavy atom. The fraction of sp³-hybridized carbons (Fsp3) is 0.476. The van der Waals surface area contributed by atoms with Crippen LogP contribution in [0.5, 0.6) is 11.5 Å². The smallest absolute Gasteiger partial charge is 0.227 e. The van der Waals surface area contributed by atoms with E-state index in [1.165, 1.54) is 12.1 Å². The minimum atomic E-state index is -2.84. The number of ether oxygens (including phenoxy) is 1. The molecule has 0 amide bonds. The maximum Gasteiger partial charge on any atom is 0.227 e. The molecule has 0 N–H and O–H groups in total. The Hall–Kier alpha value is -5.29. The van der Waals surface area contributed by atoms with E-state index in [9.17, 15) is 5.48 Å². The third-order valence-electron chi connectivity index (χ3n) is 15.9. The van der Waals surface area contributed by atoms with Crippen molar-refractivity contribution < 1.29 is 31.1 Å². The van der Waals surface area contributed by atoms with E-state index in [0.29, 0.717) is 83.1 Å². The fourth-order valence-corrected chi connectivity index (χ4v) is 13.1. The summed E-state index contributed by atoms with van der Waals surface area (Å²) in [5, 5.41) is 1.19. The molecule has 5 heteroatoms. The van der Waals surface area contributed by atoms with Crippen LogP contribution >= 0.6 is 0 Å². The first-order valence-corrected chi connectivity index (χ1v) is 24.5. The van der Waals surface area contributed by atoms with Gasteiger partial charge in [0.15, 0.2) is 0 Å². The van der Waals surface area contributed by atoms with E-state index >= 15 is 0 Å². The van der Waals surface area contributed by atoms with Crippen LogP contribution in [-0.2, 0) is 0 Å². The van der Waals surface area contributed by atoms with Crippen molar-refractivity contribution in [2.24, 2.45) is 45.8 Å². The van der Waals surface area contributed by atoms with Gasteiger partial charge in [-0.05, 0) is 231 Å². The second-order valence-electron chi connectivity index (χ2n) is 22.5. The number of rotatable bonds is 8. The molecule has 7 aromatic rings. The van der Waals surface area contributed by atoms with E-state index in [1.807, 2.05) is 32.0 Å². The molecule has 0 bridgehead atoms. The number of hydrogen-bond donors (Lipinski definition) is 0. The highest BCUT2D eigenvalue weighted by molar-refractivity contribution is 6.09. The van der Waals surface area contributed by atoms with Gasteiger partial charge in [-0.25, -0.2) is 4.98 Å². The number of nitrogens with zero attached hydrogens (tertiary/aromatic N) is 3. The molecule has 68 heavy (non-hydrogen) atoms. The maximum atomic E-state index is 9.98. The van der Waals surface area contributed by atoms with Gasteiger partial charge in [-0.2, -0.15) is 0 Å². The molecule has 4 heterocycles. The van der Waals surface area contributed by atoms with Gasteiger partial charge in [0.1, 0.15) is 17.1 Å². The number of fused-ring (bicyclic) bond motifs is 3. The number of aryl methyl sites for hydroxylation is 4. The predicted octanol–water partition coefficient (Wildman–Crippen LogP) is 17.9. The van der Waals surface area contributed by atoms with Crippen molar-refractivity contribution in [1.82, 2.24) is 15.0 Å². The summed E-state index contributed by atoms with van der Waals surface area (Å²) in [5.74, 6) is -3.04. The second-order valence-corrected chi connectivity index (χ2v) is 22.5. The SMILES string of the molecule is [2H]C([2H])([2H])c1cnc(-c2cc(Oc3cc(-c4cc(C5CCC(C)(C6CCC(C7([2H])CC(C)(C)CC(C)(C)C7)CC6C([2H])([2H])[2H])CC5C([2H])([2H])[2H])c(C)cn4)c4oc5nc(C)ccc5c4c3)c(C([2H])([2H])[2H])c(-c3ccccc3)c2)cc1C([2H])([2H])[2H]. The molecule has 0 aliphatic heterocycles. The summed E-state index contributed by atoms with van der Waals surface area (Å²) >= 11 is 0. The summed E-state index contributed by atoms with van der Waals surface area (Å²) in [6.07, 6.45) is 8.32. The van der Waals surface area contributed by atoms with Gasteiger partial charge < -0.3 is 9.15 Å². The highest BCUT2D eigenvalue weighted by Gasteiger charge is 2.48. The van der Waals surface area contributed by atoms with Crippen molar-refractivity contribution in [3.8, 4) is 45.1 Å². The lowest BCUT2D eigenvalue weighted by Crippen LogP contribution is -2.43. The van der Waals surface area contributed by atoms with E-state index in [4.69, 9.17) is 35.6 Å². The number of hydrogen-bond acceptors (Lipinski definition) is 5. The van der Waals surface area contributed by atoms with Crippen LogP contribution in [0.15, 0.2) is 95.7 Å². The van der Waals surface area contributed by atoms with E-state index in [-0.39, 0.29) is 63.0 Å². The molecule has 5 nitrogen and oxygen atoms in total. The molecule has 3 aliphatic carbocycles. The van der Waals surface area contributed by atoms with Crippen molar-refractivity contribution >= 4 is 22.1 Å². The molecule has 3 saturated carbocycles. The van der Waals surface area contributed by atoms with Crippen LogP contribution in [0.3, 0.4) is 0 Å². The minimum absolute atomic E-state index is 0.0497. The maximum absolute atomic E-state index is 9.98. The Morgan fingerprint density at radius 1 is 0.706 bits per heavy atom. The third-order valence-corrected chi connectivity index (χ3v) is 15.9. The molecule has 0 radical (unpaired) electrons. The monoisotopic (exact) mass is 922 g/mol. The van der Waals surface area contributed by atoms with Gasteiger partial charge in [0.2, 0.25) is 5.71 Å². The molecule has 3 fully saturated rings. The molecule has 0 saturated heterocycles. The van der Waals surface area contributed by atoms with Gasteiger partial charge in [-0.3, -0.25) is 9.97 Å². The van der Waals surface area contributed by atoms with Gasteiger partial charge in [0, 0.05) is 61.9 Å². The van der Waals surface area contributed by atoms with Gasteiger partial charge >= 0.3 is 0 Å². The highest BCUT2D eigenvalue weighted by Crippen LogP contribution is 2.59. The summed E-state index contributed by atoms with van der Waals surface area (Å²) in [7, 11) is 0. The van der Waals surface area contributed by atoms with E-state index in [2.05, 4.69) is 39.6 Å². The number of furan rings is 1. The topological polar surface area (TPSA) is 61.0 Å². The van der Waals surface area contributed by atoms with E-state index in [0.717, 1.165) is 30.2 Å². The Labute approximate surface area is 429 Å². The zero-order valence-electron chi connectivity index (χ0n) is 56.6. The fourth-order valence-electron chi connectivity index (χ4n) is 13.1. The molecule has 0 spiro atoms. The van der Waals surface area contributed by atoms with Crippen molar-refractivity contribution in [2.75, 3.05) is 0 Å². The largest absolute Gasteiger partial charge is 0.457 e. The number of aromatic nitrogens is 3. The van der Waals surface area contributed by atoms with Gasteiger partial charge in [0.05, 0.1) is 11.4 Å². The number of pyridine rings is 3. The average molecular weight is 922 g/mol. The summed E-state index contributed by atoms with van der Waals surface area (Å²) in [4.78, 5) is 14.1. The van der Waals surface area contributed by atoms with Gasteiger partial charge in [-0.15, -0.1) is 0 Å². The normalized spacial score (nSPS) is 30.1. The average Bonchev–Trinajstić information content (AvgIpc) is 1.62. The predicted molar refractivity (Wildman–Crippen MR) is 282 cm³/mol. The first kappa shape index (κ1) is 31.0. The van der Waals surface area contributed by atoms with E-state index < -0.39 is 74.4 Å². The third kappa shape index (κ3) is 8.93. The molecule has 354 valence electrons. The highest BCUT2D eigenvalue weighted by atomic mass is 16.5. The van der Waals surface area contributed by atoms with Crippen LogP contribution in [0.1, 0.15) is 167 Å². The van der Waals surface area contributed by atoms with Crippen LogP contribution in [0.4, 0.5) is 0 Å². The van der Waals surface area contributed by atoms with Crippen LogP contribution in [0, 0.1) is 80.2 Å². The van der Waals surface area contributed by atoms with Crippen LogP contribution in [0.2, 0.25) is 0 Å². The molecule has 3 aromatic carbocycles. The standard InChI is InChI=1S/C63H75N3O2/c1-37-25-56(64-34-40(37)4)46-26-52(44-16-14-13-15-17-44)43(7)58(27-46)67-48-28-53-50-20-18-42(6)66-60(50)68-59(53)54(29-48)57-30-51(41(5)35-65-57)49-22-23-63(12,31-39(49)3)55-21-19-45(24-38(55)2)47-32-61(8,9)36-62(10,11)33-47/h13-18,20,25-30,34-35,38-39,45,47,49,55H,19,21-24,31-33,36H2,1-12H3/i1D3,2D3,3D3,4D3,7D3,47D. The first-order chi connectivity index (χ1) is 38.7. The summed E-state index contributed by atoms with van der Waals surface area (Å²) in [6.45, 7) is 1.65. The van der Waals surface area contributed by atoms with Crippen LogP contribution in [0.25, 0.3) is 55.7 Å². The van der Waals surface area contributed by atoms with Gasteiger partial charge in [0.25, 0.3) is 0 Å². The van der Waals surface area contributed by atoms with E-state index in [1.54, 1.807) is 54.7 Å². The molecule has 6 atom stereocenters. The Morgan fingerprint density at radius 2 is 1.49 bits per heavy atom. The lowest BCUT2D eigenvalue weighted by atomic mass is 9.52. The molecule has 6 unspecified atom stereocenters. The van der Waals surface area contributed by atoms with Crippen LogP contribution < -0.4 is 4.74 Å². The Bertz CT molecular complexity index is 3620. The van der Waals surface area contributed by atoms with Crippen molar-refractivity contribution in [3.63, 3.8) is 0 Å². The molecule has 10 rings (SSSR count). The van der Waals surface area contributed by atoms with Gasteiger partial charge in [-0.1, -0.05) is 78.7 Å². The summed E-state index contributed by atoms with van der Waals surface area (Å²) in [6, 6.07) is 22.0. The van der Waals surface area contributed by atoms with Crippen LogP contribution in [-0.4, -0.2) is 15.0 Å². The summed E-state index contributed by atoms with van der Waals surface area (Å²) in [5.41, 5.74) is 3.18. The zero-order valence-corrected chi connectivity index (χ0v) is 40.6. The zero-order chi connectivity index (χ0) is 61.3. The molecular weight excluding hydrogens is 831 g/mol. The Kier molecular flexibility index (Phi) is 8.03. The quantitative estimate of drug-likeness (QED) is 0.152. The van der Waals surface area contributed by atoms with Crippen molar-refractivity contribution in [3.05, 3.63) is 125 Å². The molecule has 3 aliphatic rings. The second kappa shape index (κ2) is 17.6. The Balaban J connectivity index is 1.07. The summed E-state index contributed by atoms with van der Waals surface area (Å²) < 4.78 is 154. The molecule has 4 aromatic heterocycles. The lowest BCUT2D eigenvalue weighted by Gasteiger charge is -2.53.